The van der Waals surface area contributed by atoms with Gasteiger partial charge in [0.15, 0.2) is 0 Å². The fraction of sp³-hybridized carbons (Fsp3) is 0.643. The molecule has 5 heteroatoms. The molecule has 1 aromatic rings. The summed E-state index contributed by atoms with van der Waals surface area (Å²) < 4.78 is 0.867. The first-order valence-electron chi connectivity index (χ1n) is 6.84. The summed E-state index contributed by atoms with van der Waals surface area (Å²) >= 11 is 7.70. The summed E-state index contributed by atoms with van der Waals surface area (Å²) in [5, 5.41) is 6.39. The van der Waals surface area contributed by atoms with Crippen molar-refractivity contribution in [2.45, 2.75) is 39.2 Å². The van der Waals surface area contributed by atoms with Crippen LogP contribution in [0.15, 0.2) is 6.07 Å². The lowest BCUT2D eigenvalue weighted by atomic mass is 10.1. The zero-order valence-electron chi connectivity index (χ0n) is 11.5. The largest absolute Gasteiger partial charge is 0.356 e. The minimum absolute atomic E-state index is 0.128. The van der Waals surface area contributed by atoms with Gasteiger partial charge in [-0.25, -0.2) is 0 Å². The lowest BCUT2D eigenvalue weighted by molar-refractivity contribution is -0.121. The molecule has 3 nitrogen and oxygen atoms in total. The van der Waals surface area contributed by atoms with E-state index in [1.807, 2.05) is 0 Å². The van der Waals surface area contributed by atoms with Crippen molar-refractivity contribution in [1.82, 2.24) is 10.6 Å². The third-order valence-corrected chi connectivity index (χ3v) is 4.64. The van der Waals surface area contributed by atoms with Gasteiger partial charge in [-0.3, -0.25) is 4.79 Å². The van der Waals surface area contributed by atoms with Crippen LogP contribution in [-0.2, 0) is 11.2 Å². The van der Waals surface area contributed by atoms with E-state index in [-0.39, 0.29) is 5.91 Å². The number of halogens is 1. The van der Waals surface area contributed by atoms with E-state index in [0.717, 1.165) is 30.3 Å². The summed E-state index contributed by atoms with van der Waals surface area (Å²) in [5.41, 5.74) is 1.33. The van der Waals surface area contributed by atoms with Gasteiger partial charge in [0.25, 0.3) is 0 Å². The summed E-state index contributed by atoms with van der Waals surface area (Å²) in [6.45, 7) is 5.67. The molecular weight excluding hydrogens is 280 g/mol. The fourth-order valence-corrected chi connectivity index (χ4v) is 3.67. The van der Waals surface area contributed by atoms with Crippen molar-refractivity contribution in [2.75, 3.05) is 13.1 Å². The normalized spacial score (nSPS) is 17.8. The number of amides is 1. The number of hydrogen-bond acceptors (Lipinski definition) is 3. The minimum Gasteiger partial charge on any atom is -0.356 e. The number of aryl methyl sites for hydroxylation is 1. The Bertz CT molecular complexity index is 445. The Morgan fingerprint density at radius 1 is 1.58 bits per heavy atom. The van der Waals surface area contributed by atoms with Crippen molar-refractivity contribution < 1.29 is 4.79 Å². The van der Waals surface area contributed by atoms with E-state index in [1.165, 1.54) is 10.4 Å². The van der Waals surface area contributed by atoms with Gasteiger partial charge in [-0.05, 0) is 30.4 Å². The quantitative estimate of drug-likeness (QED) is 0.847. The average Bonchev–Trinajstić information content (AvgIpc) is 2.87. The van der Waals surface area contributed by atoms with Gasteiger partial charge >= 0.3 is 0 Å². The van der Waals surface area contributed by atoms with Gasteiger partial charge in [-0.1, -0.05) is 25.4 Å². The van der Waals surface area contributed by atoms with Gasteiger partial charge in [-0.15, -0.1) is 11.3 Å². The number of rotatable bonds is 6. The van der Waals surface area contributed by atoms with Crippen molar-refractivity contribution in [3.05, 3.63) is 20.8 Å². The molecule has 0 fully saturated rings. The van der Waals surface area contributed by atoms with E-state index in [4.69, 9.17) is 11.6 Å². The van der Waals surface area contributed by atoms with Gasteiger partial charge in [0.05, 0.1) is 4.34 Å². The van der Waals surface area contributed by atoms with Crippen molar-refractivity contribution in [3.8, 4) is 0 Å². The molecule has 1 aromatic heterocycles. The third-order valence-electron chi connectivity index (χ3n) is 3.30. The van der Waals surface area contributed by atoms with Crippen LogP contribution in [0.3, 0.4) is 0 Å². The Labute approximate surface area is 123 Å². The predicted octanol–water partition coefficient (Wildman–Crippen LogP) is 3.14. The van der Waals surface area contributed by atoms with Crippen LogP contribution in [0.2, 0.25) is 4.34 Å². The Morgan fingerprint density at radius 2 is 2.37 bits per heavy atom. The molecule has 1 aliphatic rings. The number of hydrogen-bond donors (Lipinski definition) is 2. The molecule has 0 aromatic carbocycles. The van der Waals surface area contributed by atoms with Crippen molar-refractivity contribution in [2.24, 2.45) is 5.92 Å². The van der Waals surface area contributed by atoms with E-state index < -0.39 is 0 Å². The molecule has 0 aliphatic heterocycles. The topological polar surface area (TPSA) is 41.1 Å². The number of carbonyl (C=O) groups is 1. The maximum Gasteiger partial charge on any atom is 0.221 e. The number of nitrogens with one attached hydrogen (secondary N) is 2. The minimum atomic E-state index is 0.128. The highest BCUT2D eigenvalue weighted by Gasteiger charge is 2.24. The Morgan fingerprint density at radius 3 is 3.11 bits per heavy atom. The molecule has 1 aliphatic carbocycles. The zero-order valence-corrected chi connectivity index (χ0v) is 13.0. The van der Waals surface area contributed by atoms with Crippen LogP contribution in [0.5, 0.6) is 0 Å². The second-order valence-electron chi connectivity index (χ2n) is 5.42. The van der Waals surface area contributed by atoms with E-state index in [9.17, 15) is 4.79 Å². The fourth-order valence-electron chi connectivity index (χ4n) is 2.31. The first kappa shape index (κ1) is 14.8. The zero-order chi connectivity index (χ0) is 13.8. The maximum atomic E-state index is 11.6. The summed E-state index contributed by atoms with van der Waals surface area (Å²) in [7, 11) is 0. The van der Waals surface area contributed by atoms with Crippen LogP contribution >= 0.6 is 22.9 Å². The molecule has 2 N–H and O–H groups in total. The molecule has 2 rings (SSSR count). The monoisotopic (exact) mass is 300 g/mol. The Balaban J connectivity index is 1.71. The number of thiophene rings is 1. The van der Waals surface area contributed by atoms with Crippen LogP contribution in [0.4, 0.5) is 0 Å². The molecule has 1 heterocycles. The molecule has 0 bridgehead atoms. The standard InChI is InChI=1S/C14H21ClN2OS/c1-9(2)8-17-14(18)5-6-16-11-3-4-12-10(11)7-13(15)19-12/h7,9,11,16H,3-6,8H2,1-2H3,(H,17,18). The van der Waals surface area contributed by atoms with Gasteiger partial charge < -0.3 is 10.6 Å². The number of carbonyl (C=O) groups excluding carboxylic acids is 1. The van der Waals surface area contributed by atoms with E-state index in [1.54, 1.807) is 11.3 Å². The summed E-state index contributed by atoms with van der Waals surface area (Å²) in [4.78, 5) is 13.0. The molecule has 19 heavy (non-hydrogen) atoms. The Hall–Kier alpha value is -0.580. The van der Waals surface area contributed by atoms with Crippen LogP contribution < -0.4 is 10.6 Å². The third kappa shape index (κ3) is 4.20. The smallest absolute Gasteiger partial charge is 0.221 e. The van der Waals surface area contributed by atoms with Crippen molar-refractivity contribution >= 4 is 28.8 Å². The molecule has 1 unspecified atom stereocenters. The molecule has 106 valence electrons. The second-order valence-corrected chi connectivity index (χ2v) is 7.19. The molecule has 0 saturated heterocycles. The molecule has 1 atom stereocenters. The highest BCUT2D eigenvalue weighted by atomic mass is 35.5. The molecular formula is C14H21ClN2OS. The van der Waals surface area contributed by atoms with Crippen LogP contribution in [-0.4, -0.2) is 19.0 Å². The van der Waals surface area contributed by atoms with E-state index >= 15 is 0 Å². The number of fused-ring (bicyclic) bond motifs is 1. The predicted molar refractivity (Wildman–Crippen MR) is 80.9 cm³/mol. The summed E-state index contributed by atoms with van der Waals surface area (Å²) in [6, 6.07) is 2.43. The van der Waals surface area contributed by atoms with Crippen LogP contribution in [0.25, 0.3) is 0 Å². The van der Waals surface area contributed by atoms with E-state index in [0.29, 0.717) is 18.4 Å². The first-order valence-corrected chi connectivity index (χ1v) is 8.04. The molecule has 1 amide bonds. The highest BCUT2D eigenvalue weighted by molar-refractivity contribution is 7.16. The molecule has 0 spiro atoms. The van der Waals surface area contributed by atoms with E-state index in [2.05, 4.69) is 30.5 Å². The maximum absolute atomic E-state index is 11.6. The van der Waals surface area contributed by atoms with Gasteiger partial charge in [-0.2, -0.15) is 0 Å². The van der Waals surface area contributed by atoms with Gasteiger partial charge in [0.2, 0.25) is 5.91 Å². The summed E-state index contributed by atoms with van der Waals surface area (Å²) in [6.07, 6.45) is 2.76. The second kappa shape index (κ2) is 6.73. The van der Waals surface area contributed by atoms with Crippen molar-refractivity contribution in [3.63, 3.8) is 0 Å². The first-order chi connectivity index (χ1) is 9.06. The SMILES string of the molecule is CC(C)CNC(=O)CCNC1CCc2sc(Cl)cc21. The Kier molecular flexibility index (Phi) is 5.25. The highest BCUT2D eigenvalue weighted by Crippen LogP contribution is 2.39. The lowest BCUT2D eigenvalue weighted by Gasteiger charge is -2.13. The van der Waals surface area contributed by atoms with Gasteiger partial charge in [0, 0.05) is 30.4 Å². The van der Waals surface area contributed by atoms with Crippen LogP contribution in [0, 0.1) is 5.92 Å². The molecule has 0 radical (unpaired) electrons. The summed E-state index contributed by atoms with van der Waals surface area (Å²) in [5.74, 6) is 0.630. The molecule has 0 saturated carbocycles. The average molecular weight is 301 g/mol. The lowest BCUT2D eigenvalue weighted by Crippen LogP contribution is -2.31. The van der Waals surface area contributed by atoms with Crippen molar-refractivity contribution in [1.29, 1.82) is 0 Å². The van der Waals surface area contributed by atoms with Crippen LogP contribution in [0.1, 0.15) is 43.2 Å². The van der Waals surface area contributed by atoms with Gasteiger partial charge in [0.1, 0.15) is 0 Å².